The third-order valence-electron chi connectivity index (χ3n) is 4.01. The lowest BCUT2D eigenvalue weighted by Gasteiger charge is -2.30. The van der Waals surface area contributed by atoms with Crippen molar-refractivity contribution in [2.24, 2.45) is 5.73 Å². The molecule has 2 aromatic carbocycles. The molecule has 24 heavy (non-hydrogen) atoms. The van der Waals surface area contributed by atoms with Crippen molar-refractivity contribution in [3.8, 4) is 0 Å². The van der Waals surface area contributed by atoms with Crippen LogP contribution in [0, 0.1) is 6.42 Å². The molecule has 0 bridgehead atoms. The average Bonchev–Trinajstić information content (AvgIpc) is 2.60. The van der Waals surface area contributed by atoms with Crippen LogP contribution >= 0.6 is 11.8 Å². The molecule has 4 nitrogen and oxygen atoms in total. The van der Waals surface area contributed by atoms with Crippen LogP contribution < -0.4 is 11.1 Å². The Morgan fingerprint density at radius 2 is 1.83 bits per heavy atom. The summed E-state index contributed by atoms with van der Waals surface area (Å²) in [5, 5.41) is 2.69. The van der Waals surface area contributed by atoms with Crippen LogP contribution in [0.5, 0.6) is 0 Å². The summed E-state index contributed by atoms with van der Waals surface area (Å²) in [5.74, 6) is -0.476. The van der Waals surface area contributed by atoms with Crippen molar-refractivity contribution < 1.29 is 9.59 Å². The van der Waals surface area contributed by atoms with E-state index >= 15 is 0 Å². The number of fused-ring (bicyclic) bond motifs is 1. The molecule has 1 radical (unpaired) electrons. The molecule has 2 atom stereocenters. The molecule has 3 N–H and O–H groups in total. The molecular formula is C19H19N2O2S. The molecule has 1 aliphatic rings. The zero-order valence-corrected chi connectivity index (χ0v) is 14.0. The van der Waals surface area contributed by atoms with Crippen LogP contribution in [0.3, 0.4) is 0 Å². The Kier molecular flexibility index (Phi) is 5.20. The van der Waals surface area contributed by atoms with Gasteiger partial charge in [-0.1, -0.05) is 48.5 Å². The molecule has 2 unspecified atom stereocenters. The number of benzene rings is 2. The van der Waals surface area contributed by atoms with E-state index in [0.717, 1.165) is 16.0 Å². The van der Waals surface area contributed by atoms with Gasteiger partial charge in [-0.15, -0.1) is 11.8 Å². The van der Waals surface area contributed by atoms with Crippen LogP contribution in [0.4, 0.5) is 0 Å². The molecule has 2 amide bonds. The molecule has 0 aromatic heterocycles. The molecule has 1 aliphatic heterocycles. The number of nitrogens with two attached hydrogens (primary N) is 1. The maximum atomic E-state index is 12.3. The predicted molar refractivity (Wildman–Crippen MR) is 95.2 cm³/mol. The first-order valence-electron chi connectivity index (χ1n) is 7.86. The van der Waals surface area contributed by atoms with Gasteiger partial charge in [0.05, 0.1) is 17.7 Å². The third-order valence-corrected chi connectivity index (χ3v) is 5.35. The first-order valence-corrected chi connectivity index (χ1v) is 8.74. The summed E-state index contributed by atoms with van der Waals surface area (Å²) in [6.45, 7) is 0. The van der Waals surface area contributed by atoms with E-state index < -0.39 is 0 Å². The number of hydrogen-bond donors (Lipinski definition) is 2. The second-order valence-electron chi connectivity index (χ2n) is 5.74. The Morgan fingerprint density at radius 3 is 2.58 bits per heavy atom. The maximum Gasteiger partial charge on any atom is 0.231 e. The predicted octanol–water partition coefficient (Wildman–Crippen LogP) is 2.64. The molecular weight excluding hydrogens is 320 g/mol. The van der Waals surface area contributed by atoms with Crippen LogP contribution in [0.1, 0.15) is 23.6 Å². The second kappa shape index (κ2) is 7.53. The minimum Gasteiger partial charge on any atom is -0.369 e. The molecule has 2 aromatic rings. The number of hydrogen-bond acceptors (Lipinski definition) is 3. The van der Waals surface area contributed by atoms with E-state index in [2.05, 4.69) is 5.32 Å². The van der Waals surface area contributed by atoms with E-state index in [9.17, 15) is 9.59 Å². The number of carbonyl (C=O) groups is 2. The summed E-state index contributed by atoms with van der Waals surface area (Å²) >= 11 is 1.47. The van der Waals surface area contributed by atoms with Gasteiger partial charge in [-0.25, -0.2) is 0 Å². The Morgan fingerprint density at radius 1 is 1.12 bits per heavy atom. The Balaban J connectivity index is 1.66. The van der Waals surface area contributed by atoms with Crippen molar-refractivity contribution in [3.05, 3.63) is 72.1 Å². The van der Waals surface area contributed by atoms with Gasteiger partial charge in [0.2, 0.25) is 11.8 Å². The third kappa shape index (κ3) is 3.97. The summed E-state index contributed by atoms with van der Waals surface area (Å²) in [7, 11) is 0. The molecule has 1 heterocycles. The van der Waals surface area contributed by atoms with Crippen molar-refractivity contribution in [3.63, 3.8) is 0 Å². The van der Waals surface area contributed by atoms with Crippen LogP contribution in [-0.4, -0.2) is 17.1 Å². The first kappa shape index (κ1) is 16.6. The van der Waals surface area contributed by atoms with E-state index in [1.54, 1.807) is 6.42 Å². The van der Waals surface area contributed by atoms with E-state index in [0.29, 0.717) is 12.8 Å². The highest BCUT2D eigenvalue weighted by Gasteiger charge is 2.31. The van der Waals surface area contributed by atoms with Crippen LogP contribution in [0.25, 0.3) is 0 Å². The minimum atomic E-state index is -0.345. The summed E-state index contributed by atoms with van der Waals surface area (Å²) in [5.41, 5.74) is 7.60. The van der Waals surface area contributed by atoms with Gasteiger partial charge in [0.1, 0.15) is 0 Å². The molecule has 0 aliphatic carbocycles. The molecule has 0 saturated heterocycles. The van der Waals surface area contributed by atoms with Crippen molar-refractivity contribution in [1.29, 1.82) is 0 Å². The van der Waals surface area contributed by atoms with Gasteiger partial charge in [0, 0.05) is 4.90 Å². The number of nitrogens with one attached hydrogen (secondary N) is 1. The van der Waals surface area contributed by atoms with Gasteiger partial charge in [-0.05, 0) is 30.0 Å². The number of rotatable bonds is 5. The quantitative estimate of drug-likeness (QED) is 0.879. The average molecular weight is 339 g/mol. The number of thioether (sulfide) groups is 1. The molecule has 0 fully saturated rings. The standard InChI is InChI=1S/C19H19N2O2S/c20-19(23)17-12-15(14-8-4-5-9-16(14)24-17)21-18(22)11-10-13-6-2-1-3-7-13/h1-9,11,15,17H,10,12H2,(H2,20,23)(H,21,22). The van der Waals surface area contributed by atoms with Crippen LogP contribution in [0.2, 0.25) is 0 Å². The van der Waals surface area contributed by atoms with Crippen molar-refractivity contribution in [2.75, 3.05) is 0 Å². The molecule has 0 spiro atoms. The number of primary amides is 1. The van der Waals surface area contributed by atoms with Gasteiger partial charge < -0.3 is 11.1 Å². The van der Waals surface area contributed by atoms with E-state index in [-0.39, 0.29) is 23.1 Å². The summed E-state index contributed by atoms with van der Waals surface area (Å²) in [6.07, 6.45) is 2.73. The smallest absolute Gasteiger partial charge is 0.231 e. The summed E-state index contributed by atoms with van der Waals surface area (Å²) < 4.78 is 0. The fourth-order valence-electron chi connectivity index (χ4n) is 2.78. The van der Waals surface area contributed by atoms with Crippen molar-refractivity contribution in [2.45, 2.75) is 29.0 Å². The van der Waals surface area contributed by atoms with Gasteiger partial charge in [-0.2, -0.15) is 0 Å². The lowest BCUT2D eigenvalue weighted by Crippen LogP contribution is -2.37. The fourth-order valence-corrected chi connectivity index (χ4v) is 4.00. The van der Waals surface area contributed by atoms with Gasteiger partial charge in [-0.3, -0.25) is 9.59 Å². The summed E-state index contributed by atoms with van der Waals surface area (Å²) in [6, 6.07) is 17.4. The van der Waals surface area contributed by atoms with Gasteiger partial charge in [0.25, 0.3) is 0 Å². The first-order chi connectivity index (χ1) is 11.6. The van der Waals surface area contributed by atoms with E-state index in [1.165, 1.54) is 11.8 Å². The van der Waals surface area contributed by atoms with Gasteiger partial charge >= 0.3 is 0 Å². The monoisotopic (exact) mass is 339 g/mol. The SMILES string of the molecule is NC(=O)C1CC(NC(=O)[CH]Cc2ccccc2)c2ccccc2S1. The maximum absolute atomic E-state index is 12.3. The highest BCUT2D eigenvalue weighted by atomic mass is 32.2. The lowest BCUT2D eigenvalue weighted by molar-refractivity contribution is -0.120. The zero-order valence-electron chi connectivity index (χ0n) is 13.1. The summed E-state index contributed by atoms with van der Waals surface area (Å²) in [4.78, 5) is 24.9. The molecule has 123 valence electrons. The van der Waals surface area contributed by atoms with Gasteiger partial charge in [0.15, 0.2) is 0 Å². The Hall–Kier alpha value is -2.27. The van der Waals surface area contributed by atoms with E-state index in [1.807, 2.05) is 54.6 Å². The molecule has 0 saturated carbocycles. The largest absolute Gasteiger partial charge is 0.369 e. The molecule has 3 rings (SSSR count). The highest BCUT2D eigenvalue weighted by molar-refractivity contribution is 8.00. The van der Waals surface area contributed by atoms with Crippen LogP contribution in [-0.2, 0) is 16.0 Å². The zero-order chi connectivity index (χ0) is 16.9. The number of amides is 2. The lowest BCUT2D eigenvalue weighted by atomic mass is 10.00. The van der Waals surface area contributed by atoms with Crippen molar-refractivity contribution in [1.82, 2.24) is 5.32 Å². The highest BCUT2D eigenvalue weighted by Crippen LogP contribution is 2.40. The Labute approximate surface area is 145 Å². The molecule has 5 heteroatoms. The second-order valence-corrected chi connectivity index (χ2v) is 6.98. The minimum absolute atomic E-state index is 0.131. The topological polar surface area (TPSA) is 72.2 Å². The van der Waals surface area contributed by atoms with Crippen LogP contribution in [0.15, 0.2) is 59.5 Å². The normalized spacial score (nSPS) is 19.3. The van der Waals surface area contributed by atoms with E-state index in [4.69, 9.17) is 5.73 Å². The Bertz CT molecular complexity index is 733. The van der Waals surface area contributed by atoms with Crippen molar-refractivity contribution >= 4 is 23.6 Å². The number of carbonyl (C=O) groups excluding carboxylic acids is 2. The fraction of sp³-hybridized carbons (Fsp3) is 0.211.